The second-order valence-electron chi connectivity index (χ2n) is 6.45. The molecule has 3 aromatic rings. The lowest BCUT2D eigenvalue weighted by Crippen LogP contribution is -2.31. The number of nitrogens with one attached hydrogen (secondary N) is 2. The first-order valence-electron chi connectivity index (χ1n) is 8.77. The van der Waals surface area contributed by atoms with Crippen LogP contribution >= 0.6 is 23.4 Å². The van der Waals surface area contributed by atoms with Crippen LogP contribution in [0, 0.1) is 5.82 Å². The van der Waals surface area contributed by atoms with Crippen LogP contribution in [-0.2, 0) is 4.79 Å². The zero-order valence-corrected chi connectivity index (χ0v) is 17.2. The maximum atomic E-state index is 13.5. The van der Waals surface area contributed by atoms with E-state index in [4.69, 9.17) is 11.6 Å². The second-order valence-corrected chi connectivity index (χ2v) is 7.66. The fourth-order valence-electron chi connectivity index (χ4n) is 3.20. The van der Waals surface area contributed by atoms with Crippen LogP contribution in [-0.4, -0.2) is 26.9 Å². The Labute approximate surface area is 176 Å². The summed E-state index contributed by atoms with van der Waals surface area (Å²) >= 11 is 7.33. The molecule has 0 spiro atoms. The summed E-state index contributed by atoms with van der Waals surface area (Å²) in [6, 6.07) is 12.4. The van der Waals surface area contributed by atoms with Crippen molar-refractivity contribution in [2.24, 2.45) is 0 Å². The largest absolute Gasteiger partial charge is 0.328 e. The Morgan fingerprint density at radius 3 is 2.55 bits per heavy atom. The van der Waals surface area contributed by atoms with Gasteiger partial charge in [0.15, 0.2) is 0 Å². The molecule has 1 aromatic heterocycles. The zero-order valence-electron chi connectivity index (χ0n) is 15.6. The number of nitrogens with zero attached hydrogens (tertiary/aromatic N) is 3. The number of carbonyl (C=O) groups excluding carboxylic acids is 1. The Kier molecular flexibility index (Phi) is 5.29. The van der Waals surface area contributed by atoms with Crippen LogP contribution in [0.5, 0.6) is 0 Å². The Morgan fingerprint density at radius 1 is 1.21 bits per heavy atom. The third-order valence-electron chi connectivity index (χ3n) is 4.55. The molecular formula is C20H17ClFN5OS. The van der Waals surface area contributed by atoms with Crippen molar-refractivity contribution in [1.82, 2.24) is 14.8 Å². The number of hydrogen-bond donors (Lipinski definition) is 2. The second kappa shape index (κ2) is 7.88. The van der Waals surface area contributed by atoms with Crippen molar-refractivity contribution in [2.75, 3.05) is 16.9 Å². The number of benzene rings is 2. The van der Waals surface area contributed by atoms with Gasteiger partial charge in [0, 0.05) is 16.4 Å². The minimum atomic E-state index is -0.549. The summed E-state index contributed by atoms with van der Waals surface area (Å²) in [5.74, 6) is -0.109. The molecule has 1 atom stereocenters. The highest BCUT2D eigenvalue weighted by molar-refractivity contribution is 7.98. The Bertz CT molecular complexity index is 1100. The quantitative estimate of drug-likeness (QED) is 0.587. The fraction of sp³-hybridized carbons (Fsp3) is 0.150. The van der Waals surface area contributed by atoms with Crippen molar-refractivity contribution in [3.63, 3.8) is 0 Å². The molecule has 0 aliphatic carbocycles. The Hall–Kier alpha value is -2.84. The van der Waals surface area contributed by atoms with Crippen molar-refractivity contribution in [1.29, 1.82) is 0 Å². The van der Waals surface area contributed by atoms with Crippen molar-refractivity contribution in [3.05, 3.63) is 76.2 Å². The molecule has 1 aliphatic rings. The van der Waals surface area contributed by atoms with Gasteiger partial charge in [0.2, 0.25) is 11.1 Å². The van der Waals surface area contributed by atoms with E-state index in [0.29, 0.717) is 33.1 Å². The lowest BCUT2D eigenvalue weighted by Gasteiger charge is -2.28. The van der Waals surface area contributed by atoms with Gasteiger partial charge in [-0.15, -0.1) is 5.10 Å². The van der Waals surface area contributed by atoms with Gasteiger partial charge in [0.25, 0.3) is 5.91 Å². The highest BCUT2D eigenvalue weighted by Gasteiger charge is 2.34. The predicted octanol–water partition coefficient (Wildman–Crippen LogP) is 4.72. The summed E-state index contributed by atoms with van der Waals surface area (Å²) in [4.78, 5) is 17.7. The number of carbonyl (C=O) groups is 1. The molecule has 9 heteroatoms. The molecule has 148 valence electrons. The normalized spacial score (nSPS) is 15.7. The summed E-state index contributed by atoms with van der Waals surface area (Å²) in [5, 5.41) is 11.7. The first kappa shape index (κ1) is 19.5. The van der Waals surface area contributed by atoms with Gasteiger partial charge >= 0.3 is 0 Å². The van der Waals surface area contributed by atoms with Gasteiger partial charge in [-0.2, -0.15) is 4.98 Å². The molecule has 2 aromatic carbocycles. The summed E-state index contributed by atoms with van der Waals surface area (Å²) in [6.07, 6.45) is 1.88. The molecule has 4 rings (SSSR count). The number of fused-ring (bicyclic) bond motifs is 1. The highest BCUT2D eigenvalue weighted by atomic mass is 35.5. The molecule has 1 amide bonds. The molecule has 0 saturated carbocycles. The maximum Gasteiger partial charge on any atom is 0.255 e. The van der Waals surface area contributed by atoms with Crippen LogP contribution in [0.25, 0.3) is 0 Å². The number of hydrogen-bond acceptors (Lipinski definition) is 5. The van der Waals surface area contributed by atoms with E-state index < -0.39 is 6.04 Å². The van der Waals surface area contributed by atoms with Crippen molar-refractivity contribution < 1.29 is 9.18 Å². The number of rotatable bonds is 4. The van der Waals surface area contributed by atoms with E-state index in [0.717, 1.165) is 5.56 Å². The lowest BCUT2D eigenvalue weighted by molar-refractivity contribution is -0.113. The highest BCUT2D eigenvalue weighted by Crippen LogP contribution is 2.36. The van der Waals surface area contributed by atoms with E-state index in [1.54, 1.807) is 41.1 Å². The van der Waals surface area contributed by atoms with Gasteiger partial charge in [-0.3, -0.25) is 4.79 Å². The molecular weight excluding hydrogens is 413 g/mol. The van der Waals surface area contributed by atoms with Crippen molar-refractivity contribution in [2.45, 2.75) is 18.1 Å². The monoisotopic (exact) mass is 429 g/mol. The van der Waals surface area contributed by atoms with Crippen molar-refractivity contribution >= 4 is 40.9 Å². The number of amides is 1. The molecule has 1 aliphatic heterocycles. The van der Waals surface area contributed by atoms with E-state index in [1.165, 1.54) is 23.9 Å². The molecule has 0 saturated heterocycles. The predicted molar refractivity (Wildman–Crippen MR) is 113 cm³/mol. The SMILES string of the molecule is CSc1nc2n(n1)[C@H](c1ccc(F)cc1)C(C(=O)Nc1ccc(Cl)cc1)=C(C)N2. The molecule has 0 unspecified atom stereocenters. The molecule has 6 nitrogen and oxygen atoms in total. The maximum absolute atomic E-state index is 13.5. The van der Waals surface area contributed by atoms with E-state index in [2.05, 4.69) is 20.7 Å². The van der Waals surface area contributed by atoms with Crippen LogP contribution in [0.3, 0.4) is 0 Å². The number of thioether (sulfide) groups is 1. The first-order chi connectivity index (χ1) is 14.0. The van der Waals surface area contributed by atoms with E-state index in [9.17, 15) is 9.18 Å². The number of aromatic nitrogens is 3. The van der Waals surface area contributed by atoms with Gasteiger partial charge in [-0.05, 0) is 55.1 Å². The minimum Gasteiger partial charge on any atom is -0.328 e. The van der Waals surface area contributed by atoms with Crippen LogP contribution in [0.15, 0.2) is 65.0 Å². The third kappa shape index (κ3) is 3.86. The minimum absolute atomic E-state index is 0.293. The topological polar surface area (TPSA) is 71.8 Å². The Balaban J connectivity index is 1.77. The van der Waals surface area contributed by atoms with Gasteiger partial charge in [0.1, 0.15) is 11.9 Å². The summed E-state index contributed by atoms with van der Waals surface area (Å²) in [6.45, 7) is 1.81. The first-order valence-corrected chi connectivity index (χ1v) is 10.4. The summed E-state index contributed by atoms with van der Waals surface area (Å²) in [5.41, 5.74) is 2.47. The average molecular weight is 430 g/mol. The van der Waals surface area contributed by atoms with Crippen LogP contribution in [0.1, 0.15) is 18.5 Å². The molecule has 0 radical (unpaired) electrons. The van der Waals surface area contributed by atoms with Gasteiger partial charge in [0.05, 0.1) is 5.57 Å². The zero-order chi connectivity index (χ0) is 20.5. The smallest absolute Gasteiger partial charge is 0.255 e. The summed E-state index contributed by atoms with van der Waals surface area (Å²) < 4.78 is 15.2. The number of anilines is 2. The average Bonchev–Trinajstić information content (AvgIpc) is 3.12. The molecule has 0 bridgehead atoms. The van der Waals surface area contributed by atoms with Crippen LogP contribution in [0.2, 0.25) is 5.02 Å². The Morgan fingerprint density at radius 2 is 1.90 bits per heavy atom. The number of halogens is 2. The van der Waals surface area contributed by atoms with Crippen LogP contribution in [0.4, 0.5) is 16.0 Å². The van der Waals surface area contributed by atoms with Gasteiger partial charge < -0.3 is 10.6 Å². The van der Waals surface area contributed by atoms with Gasteiger partial charge in [-0.1, -0.05) is 35.5 Å². The molecule has 2 N–H and O–H groups in total. The molecule has 0 fully saturated rings. The fourth-order valence-corrected chi connectivity index (χ4v) is 3.67. The number of allylic oxidation sites excluding steroid dienone is 1. The molecule has 2 heterocycles. The van der Waals surface area contributed by atoms with E-state index in [-0.39, 0.29) is 11.7 Å². The van der Waals surface area contributed by atoms with Crippen LogP contribution < -0.4 is 10.6 Å². The summed E-state index contributed by atoms with van der Waals surface area (Å²) in [7, 11) is 0. The van der Waals surface area contributed by atoms with E-state index >= 15 is 0 Å². The third-order valence-corrected chi connectivity index (χ3v) is 5.34. The molecule has 29 heavy (non-hydrogen) atoms. The van der Waals surface area contributed by atoms with E-state index in [1.807, 2.05) is 13.2 Å². The standard InChI is InChI=1S/C20H17ClFN5OS/c1-11-16(18(28)24-15-9-5-13(21)6-10-15)17(12-3-7-14(22)8-4-12)27-19(23-11)25-20(26-27)29-2/h3-10,17H,1-2H3,(H,24,28)(H,23,25,26)/t17-/m1/s1. The van der Waals surface area contributed by atoms with Gasteiger partial charge in [-0.25, -0.2) is 9.07 Å². The van der Waals surface area contributed by atoms with Crippen molar-refractivity contribution in [3.8, 4) is 0 Å². The lowest BCUT2D eigenvalue weighted by atomic mass is 9.95.